The van der Waals surface area contributed by atoms with Crippen LogP contribution in [0.4, 0.5) is 13.2 Å². The summed E-state index contributed by atoms with van der Waals surface area (Å²) < 4.78 is 49.1. The lowest BCUT2D eigenvalue weighted by Gasteiger charge is -2.20. The molecule has 0 spiro atoms. The Morgan fingerprint density at radius 3 is 2.68 bits per heavy atom. The number of carboxylic acid groups (broad SMARTS) is 1. The van der Waals surface area contributed by atoms with Crippen LogP contribution in [-0.2, 0) is 9.53 Å². The maximum atomic E-state index is 15.1. The number of halogens is 3. The van der Waals surface area contributed by atoms with E-state index >= 15 is 4.39 Å². The molecule has 1 aliphatic heterocycles. The summed E-state index contributed by atoms with van der Waals surface area (Å²) in [6, 6.07) is 2.53. The molecule has 0 unspecified atom stereocenters. The number of fused-ring (bicyclic) bond motifs is 1. The summed E-state index contributed by atoms with van der Waals surface area (Å²) in [6.45, 7) is -1.46. The fourth-order valence-corrected chi connectivity index (χ4v) is 3.89. The molecule has 10 heteroatoms. The summed E-state index contributed by atoms with van der Waals surface area (Å²) in [6.07, 6.45) is -0.491. The van der Waals surface area contributed by atoms with Crippen LogP contribution in [0.2, 0.25) is 0 Å². The zero-order chi connectivity index (χ0) is 20.6. The molecule has 0 aromatic carbocycles. The summed E-state index contributed by atoms with van der Waals surface area (Å²) >= 11 is 0.703. The number of hydrogen-bond acceptors (Lipinski definition) is 6. The molecule has 1 aromatic heterocycles. The van der Waals surface area contributed by atoms with Gasteiger partial charge in [-0.3, -0.25) is 14.6 Å². The number of carboxylic acids is 1. The molecule has 0 saturated heterocycles. The Morgan fingerprint density at radius 1 is 1.36 bits per heavy atom. The lowest BCUT2D eigenvalue weighted by Crippen LogP contribution is -2.19. The molecule has 28 heavy (non-hydrogen) atoms. The van der Waals surface area contributed by atoms with Gasteiger partial charge >= 0.3 is 12.6 Å². The van der Waals surface area contributed by atoms with Crippen molar-refractivity contribution in [3.63, 3.8) is 0 Å². The number of nitrogens with zero attached hydrogens (tertiary/aromatic N) is 1. The van der Waals surface area contributed by atoms with Gasteiger partial charge in [0.05, 0.1) is 29.7 Å². The minimum atomic E-state index is -3.03. The van der Waals surface area contributed by atoms with Crippen LogP contribution in [-0.4, -0.2) is 36.3 Å². The molecule has 2 heterocycles. The minimum Gasteiger partial charge on any atom is -0.493 e. The third-order valence-electron chi connectivity index (χ3n) is 4.18. The van der Waals surface area contributed by atoms with Gasteiger partial charge in [-0.25, -0.2) is 4.39 Å². The van der Waals surface area contributed by atoms with Crippen LogP contribution in [0.25, 0.3) is 0 Å². The van der Waals surface area contributed by atoms with Gasteiger partial charge in [-0.15, -0.1) is 0 Å². The number of hydrogen-bond donors (Lipinski definition) is 1. The number of ether oxygens (including phenoxy) is 2. The molecule has 0 fully saturated rings. The maximum Gasteiger partial charge on any atom is 0.388 e. The van der Waals surface area contributed by atoms with E-state index in [-0.39, 0.29) is 44.6 Å². The van der Waals surface area contributed by atoms with Gasteiger partial charge in [-0.1, -0.05) is 11.3 Å². The number of rotatable bonds is 7. The van der Waals surface area contributed by atoms with Crippen LogP contribution in [0.1, 0.15) is 29.4 Å². The SMILES string of the molecule is COC1=C(C(=O)c2ccc(OC(F)F)s2)CC2=NC(C)=C(CC(=O)O)C2=C1F. The quantitative estimate of drug-likeness (QED) is 0.675. The summed E-state index contributed by atoms with van der Waals surface area (Å²) in [4.78, 5) is 28.2. The van der Waals surface area contributed by atoms with E-state index in [1.54, 1.807) is 6.92 Å². The molecule has 0 radical (unpaired) electrons. The molecule has 2 aliphatic rings. The summed E-state index contributed by atoms with van der Waals surface area (Å²) in [7, 11) is 1.19. The van der Waals surface area contributed by atoms with Crippen LogP contribution < -0.4 is 4.74 Å². The first-order valence-electron chi connectivity index (χ1n) is 7.99. The van der Waals surface area contributed by atoms with Crippen molar-refractivity contribution >= 4 is 28.8 Å². The van der Waals surface area contributed by atoms with Crippen molar-refractivity contribution < 1.29 is 37.3 Å². The highest BCUT2D eigenvalue weighted by Gasteiger charge is 2.37. The van der Waals surface area contributed by atoms with Crippen molar-refractivity contribution in [2.24, 2.45) is 4.99 Å². The first-order chi connectivity index (χ1) is 13.2. The van der Waals surface area contributed by atoms with Crippen molar-refractivity contribution in [1.29, 1.82) is 0 Å². The minimum absolute atomic E-state index is 0.0289. The van der Waals surface area contributed by atoms with E-state index in [4.69, 9.17) is 9.84 Å². The normalized spacial score (nSPS) is 16.6. The zero-order valence-corrected chi connectivity index (χ0v) is 15.5. The number of aliphatic carboxylic acids is 1. The van der Waals surface area contributed by atoms with E-state index in [9.17, 15) is 18.4 Å². The van der Waals surface area contributed by atoms with E-state index < -0.39 is 30.6 Å². The van der Waals surface area contributed by atoms with Crippen LogP contribution in [0.3, 0.4) is 0 Å². The molecule has 3 rings (SSSR count). The Hall–Kier alpha value is -2.88. The molecule has 148 valence electrons. The predicted octanol–water partition coefficient (Wildman–Crippen LogP) is 4.26. The largest absolute Gasteiger partial charge is 0.493 e. The molecule has 1 aromatic rings. The van der Waals surface area contributed by atoms with E-state index in [1.165, 1.54) is 19.2 Å². The highest BCUT2D eigenvalue weighted by Crippen LogP contribution is 2.41. The van der Waals surface area contributed by atoms with Crippen LogP contribution in [0.15, 0.2) is 51.1 Å². The summed E-state index contributed by atoms with van der Waals surface area (Å²) in [5.41, 5.74) is 0.815. The van der Waals surface area contributed by atoms with Gasteiger partial charge in [-0.2, -0.15) is 8.78 Å². The Kier molecular flexibility index (Phi) is 5.41. The van der Waals surface area contributed by atoms with E-state index in [2.05, 4.69) is 9.73 Å². The highest BCUT2D eigenvalue weighted by atomic mass is 32.1. The fraction of sp³-hybridized carbons (Fsp3) is 0.278. The summed E-state index contributed by atoms with van der Waals surface area (Å²) in [5, 5.41) is 8.91. The van der Waals surface area contributed by atoms with E-state index in [1.807, 2.05) is 0 Å². The molecular formula is C18H14F3NO5S. The van der Waals surface area contributed by atoms with Crippen LogP contribution >= 0.6 is 11.3 Å². The first-order valence-corrected chi connectivity index (χ1v) is 8.81. The van der Waals surface area contributed by atoms with Gasteiger partial charge in [0.2, 0.25) is 5.78 Å². The van der Waals surface area contributed by atoms with E-state index in [0.29, 0.717) is 17.0 Å². The monoisotopic (exact) mass is 413 g/mol. The standard InChI is InChI=1S/C18H14F3NO5S/c1-7-8(6-12(23)24)14-10(22-7)5-9(17(26-2)15(14)19)16(25)11-3-4-13(28-11)27-18(20)21/h3-4,18H,5-6H2,1-2H3,(H,23,24). The number of carbonyl (C=O) groups is 2. The van der Waals surface area contributed by atoms with Gasteiger partial charge in [-0.05, 0) is 24.6 Å². The number of methoxy groups -OCH3 is 1. The van der Waals surface area contributed by atoms with Crippen molar-refractivity contribution in [3.05, 3.63) is 51.0 Å². The smallest absolute Gasteiger partial charge is 0.388 e. The van der Waals surface area contributed by atoms with E-state index in [0.717, 1.165) is 0 Å². The molecule has 1 aliphatic carbocycles. The van der Waals surface area contributed by atoms with Crippen molar-refractivity contribution in [2.45, 2.75) is 26.4 Å². The Morgan fingerprint density at radius 2 is 2.07 bits per heavy atom. The Bertz CT molecular complexity index is 987. The third-order valence-corrected chi connectivity index (χ3v) is 5.16. The number of aliphatic imine (C=N–C) groups is 1. The van der Waals surface area contributed by atoms with Gasteiger partial charge in [0, 0.05) is 17.7 Å². The molecular weight excluding hydrogens is 399 g/mol. The first kappa shape index (κ1) is 19.9. The van der Waals surface area contributed by atoms with Gasteiger partial charge in [0.1, 0.15) is 0 Å². The average Bonchev–Trinajstić information content (AvgIpc) is 3.18. The van der Waals surface area contributed by atoms with Crippen LogP contribution in [0, 0.1) is 0 Å². The van der Waals surface area contributed by atoms with Gasteiger partial charge in [0.15, 0.2) is 16.6 Å². The second kappa shape index (κ2) is 7.63. The Balaban J connectivity index is 2.00. The predicted molar refractivity (Wildman–Crippen MR) is 94.5 cm³/mol. The molecule has 0 amide bonds. The number of alkyl halides is 2. The second-order valence-corrected chi connectivity index (χ2v) is 6.94. The van der Waals surface area contributed by atoms with Gasteiger partial charge < -0.3 is 14.6 Å². The average molecular weight is 413 g/mol. The Labute approximate surface area is 161 Å². The zero-order valence-electron chi connectivity index (χ0n) is 14.7. The number of Topliss-reactive ketones (excluding diaryl/α,β-unsaturated/α-hetero) is 1. The lowest BCUT2D eigenvalue weighted by atomic mass is 9.87. The number of allylic oxidation sites excluding steroid dienone is 4. The van der Waals surface area contributed by atoms with Crippen molar-refractivity contribution in [3.8, 4) is 5.06 Å². The number of ketones is 1. The van der Waals surface area contributed by atoms with Crippen molar-refractivity contribution in [1.82, 2.24) is 0 Å². The molecule has 0 atom stereocenters. The second-order valence-electron chi connectivity index (χ2n) is 5.90. The topological polar surface area (TPSA) is 85.2 Å². The van der Waals surface area contributed by atoms with Gasteiger partial charge in [0.25, 0.3) is 0 Å². The number of carbonyl (C=O) groups excluding carboxylic acids is 1. The molecule has 1 N–H and O–H groups in total. The fourth-order valence-electron chi connectivity index (χ4n) is 3.07. The lowest BCUT2D eigenvalue weighted by molar-refractivity contribution is -0.136. The summed E-state index contributed by atoms with van der Waals surface area (Å²) in [5.74, 6) is -2.93. The van der Waals surface area contributed by atoms with Crippen molar-refractivity contribution in [2.75, 3.05) is 7.11 Å². The number of thiophene rings is 1. The highest BCUT2D eigenvalue weighted by molar-refractivity contribution is 7.16. The van der Waals surface area contributed by atoms with Crippen LogP contribution in [0.5, 0.6) is 5.06 Å². The molecule has 6 nitrogen and oxygen atoms in total. The maximum absolute atomic E-state index is 15.1. The molecule has 0 saturated carbocycles. The molecule has 0 bridgehead atoms. The third kappa shape index (κ3) is 3.59.